The quantitative estimate of drug-likeness (QED) is 0.841. The maximum absolute atomic E-state index is 6.17. The molecule has 0 aliphatic rings. The number of benzene rings is 2. The van der Waals surface area contributed by atoms with Crippen LogP contribution in [0.15, 0.2) is 60.7 Å². The van der Waals surface area contributed by atoms with Crippen LogP contribution in [-0.4, -0.2) is 12.1 Å². The zero-order chi connectivity index (χ0) is 12.8. The van der Waals surface area contributed by atoms with Gasteiger partial charge in [0.05, 0.1) is 0 Å². The molecule has 0 unspecified atom stereocenters. The second-order valence-electron chi connectivity index (χ2n) is 4.71. The van der Waals surface area contributed by atoms with Crippen LogP contribution in [0.25, 0.3) is 0 Å². The fraction of sp³-hybridized carbons (Fsp3) is 0.250. The predicted molar refractivity (Wildman–Crippen MR) is 76.2 cm³/mol. The summed E-state index contributed by atoms with van der Waals surface area (Å²) >= 11 is 0. The Bertz CT molecular complexity index is 408. The Hall–Kier alpha value is -1.64. The summed E-state index contributed by atoms with van der Waals surface area (Å²) in [5.41, 5.74) is 14.8. The van der Waals surface area contributed by atoms with Crippen LogP contribution in [0, 0.1) is 0 Å². The van der Waals surface area contributed by atoms with Crippen molar-refractivity contribution in [1.82, 2.24) is 0 Å². The van der Waals surface area contributed by atoms with Gasteiger partial charge in [0.15, 0.2) is 0 Å². The van der Waals surface area contributed by atoms with E-state index < -0.39 is 0 Å². The molecule has 0 aliphatic heterocycles. The molecular weight excluding hydrogens is 220 g/mol. The van der Waals surface area contributed by atoms with Gasteiger partial charge in [0.25, 0.3) is 0 Å². The largest absolute Gasteiger partial charge is 0.326 e. The van der Waals surface area contributed by atoms with Crippen molar-refractivity contribution in [2.45, 2.75) is 24.9 Å². The first kappa shape index (κ1) is 12.8. The molecule has 2 rings (SSSR count). The van der Waals surface area contributed by atoms with Crippen molar-refractivity contribution in [1.29, 1.82) is 0 Å². The lowest BCUT2D eigenvalue weighted by Crippen LogP contribution is -2.44. The molecule has 2 nitrogen and oxygen atoms in total. The Labute approximate surface area is 109 Å². The molecule has 0 amide bonds. The summed E-state index contributed by atoms with van der Waals surface area (Å²) in [6.07, 6.45) is 1.66. The highest BCUT2D eigenvalue weighted by atomic mass is 14.8. The molecule has 2 heteroatoms. The van der Waals surface area contributed by atoms with Gasteiger partial charge in [-0.05, 0) is 24.0 Å². The lowest BCUT2D eigenvalue weighted by molar-refractivity contribution is 0.519. The average molecular weight is 240 g/mol. The molecular formula is C16H20N2. The normalized spacial score (nSPS) is 14.1. The molecule has 0 saturated carbocycles. The average Bonchev–Trinajstić information content (AvgIpc) is 2.41. The van der Waals surface area contributed by atoms with Crippen LogP contribution in [0.3, 0.4) is 0 Å². The van der Waals surface area contributed by atoms with Gasteiger partial charge >= 0.3 is 0 Å². The van der Waals surface area contributed by atoms with E-state index in [-0.39, 0.29) is 12.1 Å². The Morgan fingerprint density at radius 2 is 0.944 bits per heavy atom. The van der Waals surface area contributed by atoms with Crippen LogP contribution in [-0.2, 0) is 12.8 Å². The first-order valence-electron chi connectivity index (χ1n) is 6.34. The van der Waals surface area contributed by atoms with E-state index in [2.05, 4.69) is 24.3 Å². The first-order valence-corrected chi connectivity index (χ1v) is 6.34. The first-order chi connectivity index (χ1) is 8.75. The van der Waals surface area contributed by atoms with Gasteiger partial charge in [-0.3, -0.25) is 0 Å². The van der Waals surface area contributed by atoms with E-state index in [0.717, 1.165) is 12.8 Å². The fourth-order valence-electron chi connectivity index (χ4n) is 2.08. The molecule has 0 aliphatic carbocycles. The van der Waals surface area contributed by atoms with Crippen LogP contribution in [0.5, 0.6) is 0 Å². The van der Waals surface area contributed by atoms with Crippen molar-refractivity contribution >= 4 is 0 Å². The molecule has 0 radical (unpaired) electrons. The van der Waals surface area contributed by atoms with Gasteiger partial charge in [-0.25, -0.2) is 0 Å². The molecule has 0 aromatic heterocycles. The smallest absolute Gasteiger partial charge is 0.0236 e. The lowest BCUT2D eigenvalue weighted by Gasteiger charge is -2.20. The number of rotatable bonds is 5. The molecule has 0 fully saturated rings. The monoisotopic (exact) mass is 240 g/mol. The Kier molecular flexibility index (Phi) is 4.51. The van der Waals surface area contributed by atoms with Gasteiger partial charge < -0.3 is 11.5 Å². The molecule has 2 atom stereocenters. The molecule has 94 valence electrons. The highest BCUT2D eigenvalue weighted by Crippen LogP contribution is 2.08. The van der Waals surface area contributed by atoms with Crippen LogP contribution in [0.1, 0.15) is 11.1 Å². The Morgan fingerprint density at radius 1 is 0.611 bits per heavy atom. The molecule has 4 N–H and O–H groups in total. The SMILES string of the molecule is N[C@@H](Cc1ccccc1)[C@@H](N)Cc1ccccc1. The highest BCUT2D eigenvalue weighted by Gasteiger charge is 2.14. The van der Waals surface area contributed by atoms with Crippen LogP contribution in [0.2, 0.25) is 0 Å². The Morgan fingerprint density at radius 3 is 1.28 bits per heavy atom. The zero-order valence-corrected chi connectivity index (χ0v) is 10.5. The summed E-state index contributed by atoms with van der Waals surface area (Å²) < 4.78 is 0. The summed E-state index contributed by atoms with van der Waals surface area (Å²) in [4.78, 5) is 0. The summed E-state index contributed by atoms with van der Waals surface area (Å²) in [7, 11) is 0. The maximum Gasteiger partial charge on any atom is 0.0236 e. The molecule has 0 saturated heterocycles. The van der Waals surface area contributed by atoms with E-state index in [1.165, 1.54) is 11.1 Å². The van der Waals surface area contributed by atoms with Gasteiger partial charge in [0.1, 0.15) is 0 Å². The highest BCUT2D eigenvalue weighted by molar-refractivity contribution is 5.19. The third-order valence-electron chi connectivity index (χ3n) is 3.18. The second-order valence-corrected chi connectivity index (χ2v) is 4.71. The Balaban J connectivity index is 1.91. The van der Waals surface area contributed by atoms with Crippen molar-refractivity contribution < 1.29 is 0 Å². The lowest BCUT2D eigenvalue weighted by atomic mass is 9.96. The fourth-order valence-corrected chi connectivity index (χ4v) is 2.08. The van der Waals surface area contributed by atoms with Crippen molar-refractivity contribution in [3.05, 3.63) is 71.8 Å². The van der Waals surface area contributed by atoms with Crippen molar-refractivity contribution in [2.24, 2.45) is 11.5 Å². The molecule has 0 spiro atoms. The van der Waals surface area contributed by atoms with Gasteiger partial charge in [-0.15, -0.1) is 0 Å². The predicted octanol–water partition coefficient (Wildman–Crippen LogP) is 2.13. The molecule has 0 heterocycles. The molecule has 0 bridgehead atoms. The number of hydrogen-bond acceptors (Lipinski definition) is 2. The number of hydrogen-bond donors (Lipinski definition) is 2. The standard InChI is InChI=1S/C16H20N2/c17-15(11-13-7-3-1-4-8-13)16(18)12-14-9-5-2-6-10-14/h1-10,15-16H,11-12,17-18H2/t15-,16-/m0/s1. The van der Waals surface area contributed by atoms with Gasteiger partial charge in [-0.1, -0.05) is 60.7 Å². The second kappa shape index (κ2) is 6.34. The van der Waals surface area contributed by atoms with Crippen molar-refractivity contribution in [3.63, 3.8) is 0 Å². The summed E-state index contributed by atoms with van der Waals surface area (Å²) in [5, 5.41) is 0. The van der Waals surface area contributed by atoms with Crippen LogP contribution < -0.4 is 11.5 Å². The third kappa shape index (κ3) is 3.69. The number of nitrogens with two attached hydrogens (primary N) is 2. The summed E-state index contributed by atoms with van der Waals surface area (Å²) in [6.45, 7) is 0. The van der Waals surface area contributed by atoms with E-state index in [1.54, 1.807) is 0 Å². The van der Waals surface area contributed by atoms with Crippen LogP contribution >= 0.6 is 0 Å². The van der Waals surface area contributed by atoms with E-state index in [1.807, 2.05) is 36.4 Å². The summed E-state index contributed by atoms with van der Waals surface area (Å²) in [6, 6.07) is 20.5. The van der Waals surface area contributed by atoms with Crippen LogP contribution in [0.4, 0.5) is 0 Å². The van der Waals surface area contributed by atoms with E-state index in [4.69, 9.17) is 11.5 Å². The topological polar surface area (TPSA) is 52.0 Å². The van der Waals surface area contributed by atoms with E-state index in [0.29, 0.717) is 0 Å². The van der Waals surface area contributed by atoms with E-state index >= 15 is 0 Å². The maximum atomic E-state index is 6.17. The summed E-state index contributed by atoms with van der Waals surface area (Å²) in [5.74, 6) is 0. The van der Waals surface area contributed by atoms with Gasteiger partial charge in [0.2, 0.25) is 0 Å². The molecule has 2 aromatic rings. The minimum Gasteiger partial charge on any atom is -0.326 e. The molecule has 18 heavy (non-hydrogen) atoms. The zero-order valence-electron chi connectivity index (χ0n) is 10.5. The van der Waals surface area contributed by atoms with E-state index in [9.17, 15) is 0 Å². The van der Waals surface area contributed by atoms with Crippen molar-refractivity contribution in [3.8, 4) is 0 Å². The van der Waals surface area contributed by atoms with Crippen molar-refractivity contribution in [2.75, 3.05) is 0 Å². The third-order valence-corrected chi connectivity index (χ3v) is 3.18. The van der Waals surface area contributed by atoms with Gasteiger partial charge in [0, 0.05) is 12.1 Å². The minimum absolute atomic E-state index is 0.00685. The minimum atomic E-state index is -0.00685. The van der Waals surface area contributed by atoms with Gasteiger partial charge in [-0.2, -0.15) is 0 Å². The molecule has 2 aromatic carbocycles.